The van der Waals surface area contributed by atoms with E-state index in [2.05, 4.69) is 10.3 Å². The van der Waals surface area contributed by atoms with Crippen molar-refractivity contribution < 1.29 is 23.5 Å². The highest BCUT2D eigenvalue weighted by Crippen LogP contribution is 2.35. The third kappa shape index (κ3) is 3.94. The van der Waals surface area contributed by atoms with Crippen LogP contribution in [0.5, 0.6) is 0 Å². The number of benzene rings is 2. The summed E-state index contributed by atoms with van der Waals surface area (Å²) >= 11 is 0. The normalized spacial score (nSPS) is 18.9. The summed E-state index contributed by atoms with van der Waals surface area (Å²) in [5.74, 6) is -2.00. The van der Waals surface area contributed by atoms with Crippen molar-refractivity contribution in [3.8, 4) is 0 Å². The molecule has 1 N–H and O–H groups in total. The number of nitrogens with one attached hydrogen (secondary N) is 1. The molecule has 2 aromatic carbocycles. The Hall–Kier alpha value is -4.07. The summed E-state index contributed by atoms with van der Waals surface area (Å²) in [4.78, 5) is 44.6. The van der Waals surface area contributed by atoms with E-state index in [-0.39, 0.29) is 6.42 Å². The lowest BCUT2D eigenvalue weighted by molar-refractivity contribution is -0.147. The van der Waals surface area contributed by atoms with Crippen LogP contribution in [0.4, 0.5) is 14.9 Å². The average molecular weight is 433 g/mol. The minimum Gasteiger partial charge on any atom is -0.422 e. The molecule has 2 unspecified atom stereocenters. The van der Waals surface area contributed by atoms with E-state index in [0.717, 1.165) is 4.90 Å². The molecule has 0 radical (unpaired) electrons. The average Bonchev–Trinajstić information content (AvgIpc) is 3.05. The molecule has 3 aromatic rings. The fraction of sp³-hybridized carbons (Fsp3) is 0.167. The molecule has 1 fully saturated rings. The molecule has 1 aliphatic rings. The number of carbonyl (C=O) groups excluding carboxylic acids is 3. The van der Waals surface area contributed by atoms with Crippen LogP contribution in [-0.2, 0) is 20.7 Å². The second kappa shape index (κ2) is 8.58. The highest BCUT2D eigenvalue weighted by atomic mass is 19.1. The molecule has 1 aromatic heterocycles. The van der Waals surface area contributed by atoms with Gasteiger partial charge in [0, 0.05) is 12.6 Å². The Kier molecular flexibility index (Phi) is 5.68. The van der Waals surface area contributed by atoms with Crippen LogP contribution in [0.25, 0.3) is 0 Å². The Morgan fingerprint density at radius 2 is 1.81 bits per heavy atom. The lowest BCUT2D eigenvalue weighted by Crippen LogP contribution is -2.52. The molecule has 0 spiro atoms. The zero-order valence-electron chi connectivity index (χ0n) is 17.2. The van der Waals surface area contributed by atoms with Crippen molar-refractivity contribution in [2.24, 2.45) is 0 Å². The number of anilines is 1. The number of carbonyl (C=O) groups is 3. The molecule has 2 heterocycles. The number of aromatic nitrogens is 1. The first kappa shape index (κ1) is 21.2. The number of halogens is 1. The zero-order chi connectivity index (χ0) is 22.7. The van der Waals surface area contributed by atoms with E-state index in [9.17, 15) is 18.8 Å². The summed E-state index contributed by atoms with van der Waals surface area (Å²) in [5, 5.41) is 2.63. The van der Waals surface area contributed by atoms with Crippen molar-refractivity contribution in [2.75, 3.05) is 5.32 Å². The highest BCUT2D eigenvalue weighted by molar-refractivity contribution is 6.20. The van der Waals surface area contributed by atoms with Crippen LogP contribution in [0.2, 0.25) is 0 Å². The summed E-state index contributed by atoms with van der Waals surface area (Å²) in [5.41, 5.74) is -0.562. The SMILES string of the molecule is CC(c1ccc(F)cc1)N1C(=O)OC(Cc2ccccc2)(C(=O)Nc2cccnc2)C1=O. The molecule has 8 heteroatoms. The fourth-order valence-corrected chi connectivity index (χ4v) is 3.63. The van der Waals surface area contributed by atoms with Crippen LogP contribution >= 0.6 is 0 Å². The van der Waals surface area contributed by atoms with Gasteiger partial charge in [0.25, 0.3) is 17.4 Å². The Morgan fingerprint density at radius 3 is 2.47 bits per heavy atom. The van der Waals surface area contributed by atoms with Gasteiger partial charge in [0.15, 0.2) is 0 Å². The fourth-order valence-electron chi connectivity index (χ4n) is 3.63. The Bertz CT molecular complexity index is 1140. The van der Waals surface area contributed by atoms with Gasteiger partial charge in [-0.25, -0.2) is 14.1 Å². The maximum Gasteiger partial charge on any atom is 0.418 e. The van der Waals surface area contributed by atoms with E-state index < -0.39 is 35.4 Å². The van der Waals surface area contributed by atoms with Crippen LogP contribution in [0.15, 0.2) is 79.1 Å². The third-order valence-corrected chi connectivity index (χ3v) is 5.34. The smallest absolute Gasteiger partial charge is 0.418 e. The predicted octanol–water partition coefficient (Wildman–Crippen LogP) is 3.88. The summed E-state index contributed by atoms with van der Waals surface area (Å²) < 4.78 is 18.8. The number of hydrogen-bond donors (Lipinski definition) is 1. The Labute approximate surface area is 183 Å². The first-order chi connectivity index (χ1) is 15.4. The number of ether oxygens (including phenoxy) is 1. The van der Waals surface area contributed by atoms with Crippen LogP contribution in [-0.4, -0.2) is 33.4 Å². The van der Waals surface area contributed by atoms with Gasteiger partial charge >= 0.3 is 6.09 Å². The molecule has 1 saturated heterocycles. The summed E-state index contributed by atoms with van der Waals surface area (Å²) in [6.45, 7) is 1.62. The second-order valence-electron chi connectivity index (χ2n) is 7.46. The van der Waals surface area contributed by atoms with Gasteiger partial charge in [0.05, 0.1) is 17.9 Å². The number of rotatable bonds is 6. The topological polar surface area (TPSA) is 88.6 Å². The van der Waals surface area contributed by atoms with Crippen LogP contribution in [0.1, 0.15) is 24.1 Å². The summed E-state index contributed by atoms with van der Waals surface area (Å²) in [6.07, 6.45) is 1.89. The van der Waals surface area contributed by atoms with Gasteiger partial charge in [0.1, 0.15) is 5.82 Å². The summed E-state index contributed by atoms with van der Waals surface area (Å²) in [6, 6.07) is 16.7. The molecule has 162 valence electrons. The monoisotopic (exact) mass is 433 g/mol. The molecule has 3 amide bonds. The quantitative estimate of drug-likeness (QED) is 0.596. The molecule has 7 nitrogen and oxygen atoms in total. The van der Waals surface area contributed by atoms with Crippen molar-refractivity contribution >= 4 is 23.6 Å². The van der Waals surface area contributed by atoms with Crippen molar-refractivity contribution in [3.63, 3.8) is 0 Å². The first-order valence-electron chi connectivity index (χ1n) is 9.98. The summed E-state index contributed by atoms with van der Waals surface area (Å²) in [7, 11) is 0. The van der Waals surface area contributed by atoms with Gasteiger partial charge in [-0.2, -0.15) is 0 Å². The number of nitrogens with zero attached hydrogens (tertiary/aromatic N) is 2. The zero-order valence-corrected chi connectivity index (χ0v) is 17.2. The lowest BCUT2D eigenvalue weighted by Gasteiger charge is -2.25. The van der Waals surface area contributed by atoms with Gasteiger partial charge in [-0.1, -0.05) is 42.5 Å². The van der Waals surface area contributed by atoms with E-state index in [1.54, 1.807) is 55.6 Å². The van der Waals surface area contributed by atoms with E-state index in [4.69, 9.17) is 4.74 Å². The third-order valence-electron chi connectivity index (χ3n) is 5.34. The predicted molar refractivity (Wildman–Crippen MR) is 114 cm³/mol. The van der Waals surface area contributed by atoms with Gasteiger partial charge in [0.2, 0.25) is 0 Å². The first-order valence-corrected chi connectivity index (χ1v) is 9.98. The maximum absolute atomic E-state index is 13.6. The molecular weight excluding hydrogens is 413 g/mol. The van der Waals surface area contributed by atoms with Crippen LogP contribution in [0.3, 0.4) is 0 Å². The number of hydrogen-bond acceptors (Lipinski definition) is 5. The van der Waals surface area contributed by atoms with E-state index in [0.29, 0.717) is 16.8 Å². The standard InChI is InChI=1S/C24H20FN3O4/c1-16(18-9-11-19(25)12-10-18)28-22(30)24(32-23(28)31,14-17-6-3-2-4-7-17)21(29)27-20-8-5-13-26-15-20/h2-13,15-16H,14H2,1H3,(H,27,29). The van der Waals surface area contributed by atoms with E-state index >= 15 is 0 Å². The number of pyridine rings is 1. The number of amides is 3. The van der Waals surface area contributed by atoms with Gasteiger partial charge in [-0.05, 0) is 42.3 Å². The molecular formula is C24H20FN3O4. The van der Waals surface area contributed by atoms with Crippen LogP contribution < -0.4 is 5.32 Å². The molecule has 0 aliphatic carbocycles. The second-order valence-corrected chi connectivity index (χ2v) is 7.46. The molecule has 4 rings (SSSR count). The molecule has 32 heavy (non-hydrogen) atoms. The minimum atomic E-state index is -2.09. The van der Waals surface area contributed by atoms with Gasteiger partial charge in [-0.15, -0.1) is 0 Å². The highest BCUT2D eigenvalue weighted by Gasteiger charge is 2.60. The van der Waals surface area contributed by atoms with E-state index in [1.165, 1.54) is 30.5 Å². The number of cyclic esters (lactones) is 1. The van der Waals surface area contributed by atoms with Crippen molar-refractivity contribution in [1.29, 1.82) is 0 Å². The Morgan fingerprint density at radius 1 is 1.09 bits per heavy atom. The van der Waals surface area contributed by atoms with Gasteiger partial charge in [-0.3, -0.25) is 14.6 Å². The molecule has 1 aliphatic heterocycles. The van der Waals surface area contributed by atoms with Crippen molar-refractivity contribution in [3.05, 3.63) is 96.1 Å². The maximum atomic E-state index is 13.6. The van der Waals surface area contributed by atoms with Crippen LogP contribution in [0, 0.1) is 5.82 Å². The van der Waals surface area contributed by atoms with Gasteiger partial charge < -0.3 is 10.1 Å². The Balaban J connectivity index is 1.70. The molecule has 2 atom stereocenters. The van der Waals surface area contributed by atoms with Crippen molar-refractivity contribution in [2.45, 2.75) is 25.0 Å². The molecule has 0 saturated carbocycles. The van der Waals surface area contributed by atoms with Crippen molar-refractivity contribution in [1.82, 2.24) is 9.88 Å². The lowest BCUT2D eigenvalue weighted by atomic mass is 9.91. The van der Waals surface area contributed by atoms with E-state index in [1.807, 2.05) is 0 Å². The largest absolute Gasteiger partial charge is 0.422 e. The number of imide groups is 1. The molecule has 0 bridgehead atoms. The minimum absolute atomic E-state index is 0.142.